The third-order valence-corrected chi connectivity index (χ3v) is 6.69. The molecule has 3 aromatic rings. The average molecular weight is 462 g/mol. The number of ether oxygens (including phenoxy) is 3. The highest BCUT2D eigenvalue weighted by Crippen LogP contribution is 2.47. The molecule has 2 aliphatic heterocycles. The smallest absolute Gasteiger partial charge is 0.338 e. The van der Waals surface area contributed by atoms with E-state index >= 15 is 0 Å². The molecule has 33 heavy (non-hydrogen) atoms. The molecule has 0 unspecified atom stereocenters. The number of carbonyl (C=O) groups is 2. The van der Waals surface area contributed by atoms with E-state index in [2.05, 4.69) is 0 Å². The van der Waals surface area contributed by atoms with Crippen LogP contribution in [0.1, 0.15) is 23.2 Å². The van der Waals surface area contributed by atoms with E-state index in [1.54, 1.807) is 40.9 Å². The summed E-state index contributed by atoms with van der Waals surface area (Å²) in [6.45, 7) is 0.920. The van der Waals surface area contributed by atoms with Gasteiger partial charge in [-0.25, -0.2) is 4.79 Å². The second-order valence-corrected chi connectivity index (χ2v) is 8.90. The number of para-hydroxylation sites is 2. The summed E-state index contributed by atoms with van der Waals surface area (Å²) in [6, 6.07) is 22.1. The zero-order chi connectivity index (χ0) is 22.6. The van der Waals surface area contributed by atoms with Gasteiger partial charge >= 0.3 is 5.97 Å². The second-order valence-electron chi connectivity index (χ2n) is 7.81. The van der Waals surface area contributed by atoms with Gasteiger partial charge in [0.2, 0.25) is 0 Å². The van der Waals surface area contributed by atoms with Crippen LogP contribution in [0.2, 0.25) is 0 Å². The maximum atomic E-state index is 13.1. The highest BCUT2D eigenvalue weighted by molar-refractivity contribution is 7.99. The Labute approximate surface area is 196 Å². The molecule has 1 fully saturated rings. The first kappa shape index (κ1) is 21.6. The normalized spacial score (nSPS) is 16.6. The Morgan fingerprint density at radius 2 is 1.61 bits per heavy atom. The van der Waals surface area contributed by atoms with Gasteiger partial charge in [-0.15, -0.1) is 0 Å². The maximum Gasteiger partial charge on any atom is 0.338 e. The molecule has 6 nitrogen and oxygen atoms in total. The molecule has 0 N–H and O–H groups in total. The number of hydrogen-bond donors (Lipinski definition) is 0. The van der Waals surface area contributed by atoms with E-state index in [4.69, 9.17) is 14.2 Å². The summed E-state index contributed by atoms with van der Waals surface area (Å²) in [5.41, 5.74) is 1.94. The first-order valence-electron chi connectivity index (χ1n) is 10.9. The van der Waals surface area contributed by atoms with Gasteiger partial charge in [-0.2, -0.15) is 0 Å². The van der Waals surface area contributed by atoms with E-state index < -0.39 is 5.97 Å². The molecule has 1 saturated heterocycles. The molecule has 0 bridgehead atoms. The number of esters is 1. The monoisotopic (exact) mass is 461 g/mol. The van der Waals surface area contributed by atoms with Gasteiger partial charge in [-0.3, -0.25) is 9.69 Å². The molecule has 0 aromatic heterocycles. The van der Waals surface area contributed by atoms with Crippen molar-refractivity contribution >= 4 is 35.0 Å². The molecular formula is C26H23NO5S. The number of carbonyl (C=O) groups excluding carboxylic acids is 2. The Morgan fingerprint density at radius 3 is 2.24 bits per heavy atom. The maximum absolute atomic E-state index is 13.1. The van der Waals surface area contributed by atoms with Crippen molar-refractivity contribution in [1.82, 2.24) is 0 Å². The van der Waals surface area contributed by atoms with Gasteiger partial charge in [0.1, 0.15) is 12.4 Å². The number of amides is 1. The van der Waals surface area contributed by atoms with E-state index in [1.165, 1.54) is 0 Å². The zero-order valence-electron chi connectivity index (χ0n) is 17.9. The van der Waals surface area contributed by atoms with Crippen LogP contribution in [-0.4, -0.2) is 37.8 Å². The van der Waals surface area contributed by atoms with Gasteiger partial charge in [-0.1, -0.05) is 36.0 Å². The summed E-state index contributed by atoms with van der Waals surface area (Å²) >= 11 is 1.62. The van der Waals surface area contributed by atoms with Crippen molar-refractivity contribution in [2.75, 3.05) is 24.7 Å². The molecule has 168 valence electrons. The lowest BCUT2D eigenvalue weighted by atomic mass is 10.2. The fraction of sp³-hybridized carbons (Fsp3) is 0.231. The highest BCUT2D eigenvalue weighted by Gasteiger charge is 2.28. The molecule has 0 radical (unpaired) electrons. The summed E-state index contributed by atoms with van der Waals surface area (Å²) in [6.07, 6.45) is 2.19. The third-order valence-electron chi connectivity index (χ3n) is 5.56. The Morgan fingerprint density at radius 1 is 0.939 bits per heavy atom. The van der Waals surface area contributed by atoms with Gasteiger partial charge in [0.25, 0.3) is 5.91 Å². The lowest BCUT2D eigenvalue weighted by Crippen LogP contribution is -2.32. The van der Waals surface area contributed by atoms with Gasteiger partial charge in [0, 0.05) is 16.4 Å². The van der Waals surface area contributed by atoms with Crippen LogP contribution in [0.25, 0.3) is 0 Å². The summed E-state index contributed by atoms with van der Waals surface area (Å²) < 4.78 is 16.6. The molecule has 0 spiro atoms. The molecule has 1 amide bonds. The fourth-order valence-corrected chi connectivity index (χ4v) is 4.96. The molecule has 1 atom stereocenters. The van der Waals surface area contributed by atoms with Crippen molar-refractivity contribution in [2.45, 2.75) is 28.7 Å². The van der Waals surface area contributed by atoms with Crippen molar-refractivity contribution < 1.29 is 23.8 Å². The summed E-state index contributed by atoms with van der Waals surface area (Å²) in [5.74, 6) is -0.195. The van der Waals surface area contributed by atoms with Crippen molar-refractivity contribution in [3.05, 3.63) is 78.4 Å². The minimum atomic E-state index is -0.554. The lowest BCUT2D eigenvalue weighted by Gasteiger charge is -2.30. The molecule has 7 heteroatoms. The van der Waals surface area contributed by atoms with Crippen molar-refractivity contribution in [3.63, 3.8) is 0 Å². The van der Waals surface area contributed by atoms with Crippen LogP contribution in [-0.2, 0) is 14.3 Å². The van der Waals surface area contributed by atoms with Crippen LogP contribution in [0, 0.1) is 0 Å². The highest BCUT2D eigenvalue weighted by atomic mass is 32.2. The Balaban J connectivity index is 1.23. The standard InChI is InChI=1S/C26H23NO5S/c28-25(27-21-7-1-3-9-23(21)33-24-10-4-2-8-22(24)27)17-32-26(29)18-11-13-19(14-12-18)31-16-20-6-5-15-30-20/h1-4,7-14,20H,5-6,15-17H2/t20-/m1/s1. The summed E-state index contributed by atoms with van der Waals surface area (Å²) in [5, 5.41) is 0. The molecule has 2 aliphatic rings. The van der Waals surface area contributed by atoms with E-state index in [1.807, 2.05) is 48.5 Å². The minimum absolute atomic E-state index is 0.129. The van der Waals surface area contributed by atoms with Crippen molar-refractivity contribution in [3.8, 4) is 5.75 Å². The van der Waals surface area contributed by atoms with E-state index in [0.29, 0.717) is 17.9 Å². The summed E-state index contributed by atoms with van der Waals surface area (Å²) in [4.78, 5) is 29.3. The van der Waals surface area contributed by atoms with Crippen molar-refractivity contribution in [2.24, 2.45) is 0 Å². The van der Waals surface area contributed by atoms with E-state index in [-0.39, 0.29) is 18.6 Å². The number of anilines is 2. The molecule has 3 aromatic carbocycles. The van der Waals surface area contributed by atoms with E-state index in [9.17, 15) is 9.59 Å². The quantitative estimate of drug-likeness (QED) is 0.469. The SMILES string of the molecule is O=C(OCC(=O)N1c2ccccc2Sc2ccccc21)c1ccc(OC[C@H]2CCCO2)cc1. The zero-order valence-corrected chi connectivity index (χ0v) is 18.8. The van der Waals surface area contributed by atoms with Gasteiger partial charge in [0.15, 0.2) is 6.61 Å². The Kier molecular flexibility index (Phi) is 6.32. The van der Waals surface area contributed by atoms with Crippen LogP contribution in [0.15, 0.2) is 82.6 Å². The van der Waals surface area contributed by atoms with Crippen LogP contribution >= 0.6 is 11.8 Å². The molecule has 2 heterocycles. The number of nitrogens with zero attached hydrogens (tertiary/aromatic N) is 1. The van der Waals surface area contributed by atoms with Crippen LogP contribution < -0.4 is 9.64 Å². The third kappa shape index (κ3) is 4.74. The topological polar surface area (TPSA) is 65.1 Å². The molecule has 5 rings (SSSR count). The lowest BCUT2D eigenvalue weighted by molar-refractivity contribution is -0.121. The van der Waals surface area contributed by atoms with Crippen LogP contribution in [0.3, 0.4) is 0 Å². The first-order chi connectivity index (χ1) is 16.2. The van der Waals surface area contributed by atoms with Gasteiger partial charge in [0.05, 0.1) is 23.0 Å². The largest absolute Gasteiger partial charge is 0.491 e. The molecule has 0 aliphatic carbocycles. The number of fused-ring (bicyclic) bond motifs is 2. The number of rotatable bonds is 6. The Hall–Kier alpha value is -3.29. The molecular weight excluding hydrogens is 438 g/mol. The van der Waals surface area contributed by atoms with Gasteiger partial charge in [-0.05, 0) is 61.4 Å². The predicted octanol–water partition coefficient (Wildman–Crippen LogP) is 5.23. The Bertz CT molecular complexity index is 1110. The average Bonchev–Trinajstić information content (AvgIpc) is 3.38. The summed E-state index contributed by atoms with van der Waals surface area (Å²) in [7, 11) is 0. The minimum Gasteiger partial charge on any atom is -0.491 e. The van der Waals surface area contributed by atoms with Crippen molar-refractivity contribution in [1.29, 1.82) is 0 Å². The molecule has 0 saturated carbocycles. The second kappa shape index (κ2) is 9.68. The van der Waals surface area contributed by atoms with Crippen LogP contribution in [0.5, 0.6) is 5.75 Å². The first-order valence-corrected chi connectivity index (χ1v) is 11.7. The fourth-order valence-electron chi connectivity index (χ4n) is 3.90. The predicted molar refractivity (Wildman–Crippen MR) is 125 cm³/mol. The van der Waals surface area contributed by atoms with E-state index in [0.717, 1.165) is 40.6 Å². The number of hydrogen-bond acceptors (Lipinski definition) is 6. The van der Waals surface area contributed by atoms with Gasteiger partial charge < -0.3 is 14.2 Å². The number of benzene rings is 3. The van der Waals surface area contributed by atoms with Crippen LogP contribution in [0.4, 0.5) is 11.4 Å².